The molecule has 9 aromatic rings. The largest absolute Gasteiger partial charge is 0.311 e. The predicted octanol–water partition coefficient (Wildman–Crippen LogP) is 18.2. The molecule has 9 aromatic carbocycles. The van der Waals surface area contributed by atoms with Gasteiger partial charge in [0.05, 0.1) is 0 Å². The van der Waals surface area contributed by atoms with Crippen LogP contribution in [0.2, 0.25) is 0 Å². The van der Waals surface area contributed by atoms with Crippen LogP contribution in [0.25, 0.3) is 39.0 Å². The summed E-state index contributed by atoms with van der Waals surface area (Å²) in [5.74, 6) is 3.47. The van der Waals surface area contributed by atoms with E-state index in [4.69, 9.17) is 6.42 Å². The van der Waals surface area contributed by atoms with Crippen LogP contribution in [-0.2, 0) is 0 Å². The Labute approximate surface area is 408 Å². The lowest BCUT2D eigenvalue weighted by Crippen LogP contribution is -2.22. The Balaban J connectivity index is 0.939. The van der Waals surface area contributed by atoms with E-state index < -0.39 is 0 Å². The number of hydrogen-bond acceptors (Lipinski definition) is 2. The first-order chi connectivity index (χ1) is 34.2. The highest BCUT2D eigenvalue weighted by Gasteiger charge is 2.31. The number of benzene rings is 9. The second kappa shape index (κ2) is 20.9. The normalized spacial score (nSPS) is 14.7. The standard InChI is InChI=1S/C67H54N2/c1-3-21-65(67-33-20-18-31-64(67)55-40-48-61(49-41-55)69(57-28-15-8-16-29-57)59-44-36-53(37-45-59)51-24-11-6-12-25-51)62(4-2)66-32-19-17-30-63(66)54-38-46-60(47-39-54)68(56-26-13-7-14-27-56)58-42-34-52(35-43-58)50-22-9-5-10-23-50/h1,5-49,62-63,66H,4H2,2H3/b65-21+. The average Bonchev–Trinajstić information content (AvgIpc) is 3.43. The molecule has 3 atom stereocenters. The smallest absolute Gasteiger partial charge is 0.0462 e. The lowest BCUT2D eigenvalue weighted by molar-refractivity contribution is 0.435. The molecular weight excluding hydrogens is 833 g/mol. The molecule has 2 nitrogen and oxygen atoms in total. The lowest BCUT2D eigenvalue weighted by Gasteiger charge is -2.34. The van der Waals surface area contributed by atoms with Gasteiger partial charge >= 0.3 is 0 Å². The maximum Gasteiger partial charge on any atom is 0.0462 e. The second-order valence-electron chi connectivity index (χ2n) is 17.5. The number of allylic oxidation sites excluding steroid dienone is 6. The van der Waals surface area contributed by atoms with Crippen molar-refractivity contribution in [2.45, 2.75) is 19.3 Å². The summed E-state index contributed by atoms with van der Waals surface area (Å²) in [4.78, 5) is 4.65. The summed E-state index contributed by atoms with van der Waals surface area (Å²) in [6.07, 6.45) is 18.3. The fourth-order valence-electron chi connectivity index (χ4n) is 10.1. The van der Waals surface area contributed by atoms with E-state index in [1.807, 2.05) is 6.08 Å². The molecule has 0 fully saturated rings. The van der Waals surface area contributed by atoms with Gasteiger partial charge in [-0.05, 0) is 147 Å². The molecule has 0 aliphatic heterocycles. The van der Waals surface area contributed by atoms with Crippen molar-refractivity contribution in [1.82, 2.24) is 0 Å². The summed E-state index contributed by atoms with van der Waals surface area (Å²) in [5.41, 5.74) is 17.3. The minimum Gasteiger partial charge on any atom is -0.311 e. The molecule has 0 N–H and O–H groups in total. The summed E-state index contributed by atoms with van der Waals surface area (Å²) >= 11 is 0. The molecule has 0 aromatic heterocycles. The number of rotatable bonds is 14. The Morgan fingerprint density at radius 1 is 0.435 bits per heavy atom. The molecule has 0 spiro atoms. The first-order valence-corrected chi connectivity index (χ1v) is 24.0. The van der Waals surface area contributed by atoms with E-state index >= 15 is 0 Å². The third kappa shape index (κ3) is 9.64. The number of hydrogen-bond donors (Lipinski definition) is 0. The molecule has 0 saturated heterocycles. The van der Waals surface area contributed by atoms with E-state index in [1.54, 1.807) is 0 Å². The maximum atomic E-state index is 6.24. The molecule has 332 valence electrons. The van der Waals surface area contributed by atoms with Gasteiger partial charge < -0.3 is 9.80 Å². The van der Waals surface area contributed by atoms with Gasteiger partial charge in [0.1, 0.15) is 0 Å². The van der Waals surface area contributed by atoms with Crippen molar-refractivity contribution in [3.05, 3.63) is 284 Å². The second-order valence-corrected chi connectivity index (χ2v) is 17.5. The first-order valence-electron chi connectivity index (χ1n) is 24.0. The highest BCUT2D eigenvalue weighted by molar-refractivity contribution is 5.86. The van der Waals surface area contributed by atoms with Crippen LogP contribution in [0.1, 0.15) is 30.4 Å². The summed E-state index contributed by atoms with van der Waals surface area (Å²) in [6, 6.07) is 86.9. The molecule has 3 unspecified atom stereocenters. The molecule has 0 amide bonds. The van der Waals surface area contributed by atoms with E-state index in [-0.39, 0.29) is 17.8 Å². The maximum absolute atomic E-state index is 6.24. The molecule has 69 heavy (non-hydrogen) atoms. The summed E-state index contributed by atoms with van der Waals surface area (Å²) < 4.78 is 0. The Morgan fingerprint density at radius 2 is 0.812 bits per heavy atom. The fraction of sp³-hybridized carbons (Fsp3) is 0.0746. The van der Waals surface area contributed by atoms with E-state index in [9.17, 15) is 0 Å². The van der Waals surface area contributed by atoms with Gasteiger partial charge in [0.15, 0.2) is 0 Å². The SMILES string of the molecule is C#C/C=C(/c1ccccc1-c1ccc(N(c2ccccc2)c2ccc(-c3ccccc3)cc2)cc1)C(CC)C1C=CC=CC1c1ccc(N(c2ccccc2)c2ccc(-c3ccccc3)cc2)cc1. The first kappa shape index (κ1) is 44.2. The number of anilines is 6. The zero-order valence-corrected chi connectivity index (χ0v) is 38.9. The van der Waals surface area contributed by atoms with Crippen molar-refractivity contribution in [1.29, 1.82) is 0 Å². The monoisotopic (exact) mass is 886 g/mol. The van der Waals surface area contributed by atoms with Crippen LogP contribution in [0.5, 0.6) is 0 Å². The van der Waals surface area contributed by atoms with Crippen molar-refractivity contribution < 1.29 is 0 Å². The summed E-state index contributed by atoms with van der Waals surface area (Å²) in [7, 11) is 0. The van der Waals surface area contributed by atoms with Gasteiger partial charge in [-0.2, -0.15) is 0 Å². The number of para-hydroxylation sites is 2. The van der Waals surface area contributed by atoms with Crippen molar-refractivity contribution in [3.8, 4) is 45.7 Å². The van der Waals surface area contributed by atoms with E-state index in [2.05, 4.69) is 290 Å². The van der Waals surface area contributed by atoms with Crippen LogP contribution < -0.4 is 9.80 Å². The van der Waals surface area contributed by atoms with E-state index in [0.29, 0.717) is 0 Å². The minimum atomic E-state index is 0.155. The summed E-state index contributed by atoms with van der Waals surface area (Å²) in [5, 5.41) is 0. The molecule has 2 heteroatoms. The highest BCUT2D eigenvalue weighted by atomic mass is 15.1. The van der Waals surface area contributed by atoms with E-state index in [0.717, 1.165) is 51.7 Å². The van der Waals surface area contributed by atoms with Gasteiger partial charge in [-0.3, -0.25) is 0 Å². The molecule has 0 heterocycles. The van der Waals surface area contributed by atoms with Gasteiger partial charge in [-0.15, -0.1) is 6.42 Å². The Kier molecular flexibility index (Phi) is 13.4. The van der Waals surface area contributed by atoms with Crippen LogP contribution in [0.3, 0.4) is 0 Å². The fourth-order valence-corrected chi connectivity index (χ4v) is 10.1. The van der Waals surface area contributed by atoms with E-state index in [1.165, 1.54) is 39.0 Å². The lowest BCUT2D eigenvalue weighted by atomic mass is 9.70. The molecule has 0 saturated carbocycles. The van der Waals surface area contributed by atoms with Crippen molar-refractivity contribution in [2.24, 2.45) is 11.8 Å². The number of nitrogens with zero attached hydrogens (tertiary/aromatic N) is 2. The molecule has 10 rings (SSSR count). The average molecular weight is 887 g/mol. The van der Waals surface area contributed by atoms with Gasteiger partial charge in [0.25, 0.3) is 0 Å². The minimum absolute atomic E-state index is 0.155. The Bertz CT molecular complexity index is 3220. The van der Waals surface area contributed by atoms with Gasteiger partial charge in [-0.25, -0.2) is 0 Å². The van der Waals surface area contributed by atoms with Crippen LogP contribution in [0, 0.1) is 24.2 Å². The highest BCUT2D eigenvalue weighted by Crippen LogP contribution is 2.46. The topological polar surface area (TPSA) is 6.48 Å². The molecule has 0 radical (unpaired) electrons. The third-order valence-corrected chi connectivity index (χ3v) is 13.4. The zero-order valence-electron chi connectivity index (χ0n) is 38.9. The van der Waals surface area contributed by atoms with Crippen molar-refractivity contribution in [3.63, 3.8) is 0 Å². The van der Waals surface area contributed by atoms with Crippen LogP contribution >= 0.6 is 0 Å². The van der Waals surface area contributed by atoms with Gasteiger partial charge in [0.2, 0.25) is 0 Å². The van der Waals surface area contributed by atoms with Crippen molar-refractivity contribution in [2.75, 3.05) is 9.80 Å². The van der Waals surface area contributed by atoms with Gasteiger partial charge in [0, 0.05) is 40.0 Å². The zero-order chi connectivity index (χ0) is 46.8. The van der Waals surface area contributed by atoms with Gasteiger partial charge in [-0.1, -0.05) is 207 Å². The Hall–Kier alpha value is -8.64. The molecule has 1 aliphatic rings. The predicted molar refractivity (Wildman–Crippen MR) is 294 cm³/mol. The quantitative estimate of drug-likeness (QED) is 0.100. The summed E-state index contributed by atoms with van der Waals surface area (Å²) in [6.45, 7) is 2.30. The van der Waals surface area contributed by atoms with Crippen LogP contribution in [0.4, 0.5) is 34.1 Å². The molecule has 1 aliphatic carbocycles. The van der Waals surface area contributed by atoms with Crippen molar-refractivity contribution >= 4 is 39.7 Å². The third-order valence-electron chi connectivity index (χ3n) is 13.4. The Morgan fingerprint density at radius 3 is 1.28 bits per heavy atom. The number of terminal acetylenes is 1. The van der Waals surface area contributed by atoms with Crippen LogP contribution in [-0.4, -0.2) is 0 Å². The molecule has 0 bridgehead atoms. The molecular formula is C67H54N2. The van der Waals surface area contributed by atoms with Crippen LogP contribution in [0.15, 0.2) is 273 Å².